The first-order chi connectivity index (χ1) is 16.5. The van der Waals surface area contributed by atoms with Gasteiger partial charge in [-0.15, -0.1) is 0 Å². The molecule has 1 aliphatic rings. The minimum Gasteiger partial charge on any atom is -0.474 e. The van der Waals surface area contributed by atoms with Crippen LogP contribution in [0.3, 0.4) is 0 Å². The van der Waals surface area contributed by atoms with Crippen LogP contribution in [0.15, 0.2) is 47.4 Å². The number of amides is 2. The second-order valence-electron chi connectivity index (χ2n) is 8.42. The summed E-state index contributed by atoms with van der Waals surface area (Å²) in [4.78, 5) is 41.2. The third-order valence-corrected chi connectivity index (χ3v) is 8.31. The molecule has 2 heterocycles. The van der Waals surface area contributed by atoms with Gasteiger partial charge in [0.1, 0.15) is 22.4 Å². The van der Waals surface area contributed by atoms with Crippen molar-refractivity contribution in [3.8, 4) is 5.88 Å². The van der Waals surface area contributed by atoms with E-state index in [4.69, 9.17) is 16.3 Å². The SMILES string of the molecule is CC(=O)NS(=O)(=O)C1(COc2nccc3cc(C(=O)NCc4ccc(Cl)cc4)c(=O)n(C)c23)CC1. The number of aryl methyl sites for hydroxylation is 1. The zero-order chi connectivity index (χ0) is 25.4. The lowest BCUT2D eigenvalue weighted by Crippen LogP contribution is -2.42. The van der Waals surface area contributed by atoms with E-state index in [1.54, 1.807) is 30.3 Å². The van der Waals surface area contributed by atoms with Gasteiger partial charge in [-0.05, 0) is 42.7 Å². The van der Waals surface area contributed by atoms with Crippen LogP contribution in [0.4, 0.5) is 0 Å². The molecule has 35 heavy (non-hydrogen) atoms. The van der Waals surface area contributed by atoms with Gasteiger partial charge < -0.3 is 14.6 Å². The van der Waals surface area contributed by atoms with Crippen LogP contribution >= 0.6 is 11.6 Å². The Bertz CT molecular complexity index is 1480. The molecule has 2 aromatic heterocycles. The van der Waals surface area contributed by atoms with E-state index < -0.39 is 32.1 Å². The highest BCUT2D eigenvalue weighted by molar-refractivity contribution is 7.91. The molecular formula is C23H23ClN4O6S. The van der Waals surface area contributed by atoms with E-state index in [1.165, 1.54) is 23.9 Å². The molecule has 0 aliphatic heterocycles. The van der Waals surface area contributed by atoms with Gasteiger partial charge >= 0.3 is 0 Å². The number of hydrogen-bond donors (Lipinski definition) is 2. The fourth-order valence-electron chi connectivity index (χ4n) is 3.68. The number of aromatic nitrogens is 2. The first kappa shape index (κ1) is 24.7. The monoisotopic (exact) mass is 518 g/mol. The highest BCUT2D eigenvalue weighted by Gasteiger charge is 2.56. The number of carbonyl (C=O) groups is 2. The van der Waals surface area contributed by atoms with E-state index in [2.05, 4.69) is 10.3 Å². The van der Waals surface area contributed by atoms with Crippen molar-refractivity contribution in [1.82, 2.24) is 19.6 Å². The highest BCUT2D eigenvalue weighted by atomic mass is 35.5. The van der Waals surface area contributed by atoms with Crippen LogP contribution < -0.4 is 20.3 Å². The van der Waals surface area contributed by atoms with Gasteiger partial charge in [-0.2, -0.15) is 0 Å². The maximum Gasteiger partial charge on any atom is 0.263 e. The predicted octanol–water partition coefficient (Wildman–Crippen LogP) is 1.89. The lowest BCUT2D eigenvalue weighted by atomic mass is 10.1. The second-order valence-corrected chi connectivity index (χ2v) is 10.9. The molecule has 4 rings (SSSR count). The summed E-state index contributed by atoms with van der Waals surface area (Å²) in [5, 5.41) is 3.82. The Morgan fingerprint density at radius 1 is 1.20 bits per heavy atom. The molecule has 12 heteroatoms. The number of hydrogen-bond acceptors (Lipinski definition) is 7. The number of nitrogens with zero attached hydrogens (tertiary/aromatic N) is 2. The first-order valence-electron chi connectivity index (χ1n) is 10.7. The minimum atomic E-state index is -3.92. The van der Waals surface area contributed by atoms with E-state index in [0.717, 1.165) is 12.5 Å². The molecule has 1 saturated carbocycles. The van der Waals surface area contributed by atoms with E-state index in [9.17, 15) is 22.8 Å². The largest absolute Gasteiger partial charge is 0.474 e. The van der Waals surface area contributed by atoms with Crippen molar-refractivity contribution >= 4 is 44.3 Å². The average molecular weight is 519 g/mol. The Morgan fingerprint density at radius 3 is 2.51 bits per heavy atom. The maximum absolute atomic E-state index is 13.0. The molecule has 0 bridgehead atoms. The highest BCUT2D eigenvalue weighted by Crippen LogP contribution is 2.43. The Kier molecular flexibility index (Phi) is 6.56. The Balaban J connectivity index is 1.57. The third-order valence-electron chi connectivity index (χ3n) is 5.83. The van der Waals surface area contributed by atoms with Crippen molar-refractivity contribution in [2.45, 2.75) is 31.1 Å². The predicted molar refractivity (Wildman–Crippen MR) is 130 cm³/mol. The van der Waals surface area contributed by atoms with E-state index >= 15 is 0 Å². The van der Waals surface area contributed by atoms with Gasteiger partial charge in [0.15, 0.2) is 0 Å². The molecule has 3 aromatic rings. The van der Waals surface area contributed by atoms with Gasteiger partial charge in [0.05, 0.1) is 0 Å². The number of nitrogens with one attached hydrogen (secondary N) is 2. The van der Waals surface area contributed by atoms with Crippen LogP contribution in [0, 0.1) is 0 Å². The Morgan fingerprint density at radius 2 is 1.89 bits per heavy atom. The standard InChI is InChI=1S/C23H23ClN4O6S/c1-14(29)27-35(32,33)23(8-9-23)13-34-21-19-16(7-10-25-21)11-18(22(31)28(19)2)20(30)26-12-15-3-5-17(24)6-4-15/h3-7,10-11H,8-9,12-13H2,1-2H3,(H,26,30)(H,27,29). The van der Waals surface area contributed by atoms with Crippen LogP contribution in [0.25, 0.3) is 10.9 Å². The summed E-state index contributed by atoms with van der Waals surface area (Å²) in [6, 6.07) is 10.0. The number of rotatable bonds is 8. The Labute approximate surface area is 206 Å². The maximum atomic E-state index is 13.0. The van der Waals surface area contributed by atoms with Crippen LogP contribution in [0.5, 0.6) is 5.88 Å². The molecule has 0 saturated heterocycles. The van der Waals surface area contributed by atoms with Gasteiger partial charge in [0, 0.05) is 37.1 Å². The summed E-state index contributed by atoms with van der Waals surface area (Å²) < 4.78 is 32.7. The quantitative estimate of drug-likeness (QED) is 0.464. The lowest BCUT2D eigenvalue weighted by Gasteiger charge is -2.18. The van der Waals surface area contributed by atoms with Crippen LogP contribution in [0.1, 0.15) is 35.7 Å². The van der Waals surface area contributed by atoms with Gasteiger partial charge in [0.2, 0.25) is 21.8 Å². The topological polar surface area (TPSA) is 136 Å². The first-order valence-corrected chi connectivity index (χ1v) is 12.6. The summed E-state index contributed by atoms with van der Waals surface area (Å²) in [7, 11) is -2.44. The van der Waals surface area contributed by atoms with Crippen LogP contribution in [-0.2, 0) is 28.4 Å². The number of benzene rings is 1. The number of sulfonamides is 1. The second kappa shape index (κ2) is 9.31. The van der Waals surface area contributed by atoms with E-state index in [0.29, 0.717) is 28.8 Å². The molecule has 0 unspecified atom stereocenters. The molecule has 1 aromatic carbocycles. The molecule has 10 nitrogen and oxygen atoms in total. The molecule has 1 aliphatic carbocycles. The molecule has 2 N–H and O–H groups in total. The molecule has 184 valence electrons. The zero-order valence-corrected chi connectivity index (χ0v) is 20.6. The number of halogens is 1. The molecule has 1 fully saturated rings. The van der Waals surface area contributed by atoms with Crippen molar-refractivity contribution < 1.29 is 22.7 Å². The van der Waals surface area contributed by atoms with Crippen molar-refractivity contribution in [3.05, 3.63) is 69.1 Å². The Hall–Kier alpha value is -3.44. The van der Waals surface area contributed by atoms with Gasteiger partial charge in [-0.1, -0.05) is 23.7 Å². The number of ether oxygens (including phenoxy) is 1. The van der Waals surface area contributed by atoms with Gasteiger partial charge in [-0.3, -0.25) is 19.1 Å². The summed E-state index contributed by atoms with van der Waals surface area (Å²) in [5.74, 6) is -1.16. The van der Waals surface area contributed by atoms with Crippen molar-refractivity contribution in [3.63, 3.8) is 0 Å². The molecule has 0 radical (unpaired) electrons. The van der Waals surface area contributed by atoms with Crippen molar-refractivity contribution in [2.24, 2.45) is 7.05 Å². The average Bonchev–Trinajstić information content (AvgIpc) is 3.60. The fourth-order valence-corrected chi connectivity index (χ4v) is 5.25. The minimum absolute atomic E-state index is 0.0551. The smallest absolute Gasteiger partial charge is 0.263 e. The number of pyridine rings is 2. The summed E-state index contributed by atoms with van der Waals surface area (Å²) in [6.07, 6.45) is 2.11. The summed E-state index contributed by atoms with van der Waals surface area (Å²) >= 11 is 5.88. The van der Waals surface area contributed by atoms with Crippen molar-refractivity contribution in [1.29, 1.82) is 0 Å². The van der Waals surface area contributed by atoms with Crippen molar-refractivity contribution in [2.75, 3.05) is 6.61 Å². The lowest BCUT2D eigenvalue weighted by molar-refractivity contribution is -0.117. The number of fused-ring (bicyclic) bond motifs is 1. The third kappa shape index (κ3) is 5.01. The summed E-state index contributed by atoms with van der Waals surface area (Å²) in [5.41, 5.74) is 0.525. The molecule has 0 atom stereocenters. The van der Waals surface area contributed by atoms with Gasteiger partial charge in [-0.25, -0.2) is 13.4 Å². The van der Waals surface area contributed by atoms with Gasteiger partial charge in [0.25, 0.3) is 11.5 Å². The normalized spacial score (nSPS) is 14.4. The zero-order valence-electron chi connectivity index (χ0n) is 19.0. The van der Waals surface area contributed by atoms with Crippen LogP contribution in [0.2, 0.25) is 5.02 Å². The fraction of sp³-hybridized carbons (Fsp3) is 0.304. The molecular weight excluding hydrogens is 496 g/mol. The summed E-state index contributed by atoms with van der Waals surface area (Å²) in [6.45, 7) is 1.10. The molecule has 2 amide bonds. The molecule has 0 spiro atoms. The van der Waals surface area contributed by atoms with E-state index in [1.807, 2.05) is 4.72 Å². The number of carbonyl (C=O) groups excluding carboxylic acids is 2. The van der Waals surface area contributed by atoms with E-state index in [-0.39, 0.29) is 24.6 Å². The van der Waals surface area contributed by atoms with Crippen LogP contribution in [-0.4, -0.2) is 41.1 Å².